The van der Waals surface area contributed by atoms with Crippen LogP contribution in [0.3, 0.4) is 0 Å². The van der Waals surface area contributed by atoms with E-state index in [4.69, 9.17) is 16.1 Å². The third-order valence-electron chi connectivity index (χ3n) is 6.17. The van der Waals surface area contributed by atoms with Crippen LogP contribution in [0, 0.1) is 12.8 Å². The molecule has 1 fully saturated rings. The maximum absolute atomic E-state index is 12.6. The van der Waals surface area contributed by atoms with Crippen molar-refractivity contribution in [2.45, 2.75) is 38.5 Å². The number of benzene rings is 2. The number of carbonyl (C=O) groups excluding carboxylic acids is 1. The second kappa shape index (κ2) is 12.4. The van der Waals surface area contributed by atoms with Crippen LogP contribution in [-0.2, 0) is 17.1 Å². The van der Waals surface area contributed by atoms with Gasteiger partial charge in [-0.3, -0.25) is 9.69 Å². The summed E-state index contributed by atoms with van der Waals surface area (Å²) < 4.78 is 5.43. The summed E-state index contributed by atoms with van der Waals surface area (Å²) in [7, 11) is 0. The molecule has 6 nitrogen and oxygen atoms in total. The molecule has 1 amide bonds. The SMILES string of the molecule is Cc1ccccc1CSCCCNC(=O)C1CCN(Cc2nc(-c3ccc(Cl)cc3)no2)CC1. The highest BCUT2D eigenvalue weighted by Gasteiger charge is 2.25. The molecule has 2 aromatic carbocycles. The second-order valence-electron chi connectivity index (χ2n) is 8.69. The third kappa shape index (κ3) is 7.08. The van der Waals surface area contributed by atoms with Crippen LogP contribution >= 0.6 is 23.4 Å². The van der Waals surface area contributed by atoms with Crippen LogP contribution in [0.2, 0.25) is 5.02 Å². The summed E-state index contributed by atoms with van der Waals surface area (Å²) >= 11 is 7.87. The molecule has 0 aliphatic carbocycles. The molecule has 180 valence electrons. The summed E-state index contributed by atoms with van der Waals surface area (Å²) in [6.07, 6.45) is 2.70. The Kier molecular flexibility index (Phi) is 9.02. The summed E-state index contributed by atoms with van der Waals surface area (Å²) in [5.74, 6) is 3.51. The van der Waals surface area contributed by atoms with Gasteiger partial charge in [-0.05, 0) is 80.4 Å². The Morgan fingerprint density at radius 1 is 1.18 bits per heavy atom. The van der Waals surface area contributed by atoms with Crippen LogP contribution in [0.5, 0.6) is 0 Å². The van der Waals surface area contributed by atoms with Gasteiger partial charge < -0.3 is 9.84 Å². The number of thioether (sulfide) groups is 1. The number of nitrogens with one attached hydrogen (secondary N) is 1. The highest BCUT2D eigenvalue weighted by Crippen LogP contribution is 2.22. The maximum Gasteiger partial charge on any atom is 0.241 e. The van der Waals surface area contributed by atoms with Gasteiger partial charge >= 0.3 is 0 Å². The summed E-state index contributed by atoms with van der Waals surface area (Å²) in [4.78, 5) is 19.3. The van der Waals surface area contributed by atoms with Crippen molar-refractivity contribution >= 4 is 29.3 Å². The second-order valence-corrected chi connectivity index (χ2v) is 10.2. The van der Waals surface area contributed by atoms with Gasteiger partial charge in [0.2, 0.25) is 17.6 Å². The van der Waals surface area contributed by atoms with Crippen molar-refractivity contribution in [1.29, 1.82) is 0 Å². The Bertz CT molecular complexity index is 1060. The number of carbonyl (C=O) groups is 1. The van der Waals surface area contributed by atoms with E-state index >= 15 is 0 Å². The Hall–Kier alpha value is -2.35. The predicted octanol–water partition coefficient (Wildman–Crippen LogP) is 5.35. The van der Waals surface area contributed by atoms with E-state index in [1.54, 1.807) is 0 Å². The lowest BCUT2D eigenvalue weighted by Crippen LogP contribution is -2.40. The van der Waals surface area contributed by atoms with Gasteiger partial charge in [0, 0.05) is 28.8 Å². The first-order valence-corrected chi connectivity index (χ1v) is 13.3. The Labute approximate surface area is 210 Å². The maximum atomic E-state index is 12.6. The fourth-order valence-corrected chi connectivity index (χ4v) is 5.23. The van der Waals surface area contributed by atoms with Crippen LogP contribution in [0.1, 0.15) is 36.3 Å². The number of likely N-dealkylation sites (tertiary alicyclic amines) is 1. The van der Waals surface area contributed by atoms with Gasteiger partial charge in [0.25, 0.3) is 0 Å². The molecule has 1 saturated heterocycles. The Balaban J connectivity index is 1.11. The van der Waals surface area contributed by atoms with Gasteiger partial charge in [-0.25, -0.2) is 0 Å². The quantitative estimate of drug-likeness (QED) is 0.380. The van der Waals surface area contributed by atoms with Gasteiger partial charge in [-0.15, -0.1) is 0 Å². The number of hydrogen-bond donors (Lipinski definition) is 1. The molecule has 1 aliphatic heterocycles. The minimum atomic E-state index is 0.0863. The molecule has 0 bridgehead atoms. The lowest BCUT2D eigenvalue weighted by atomic mass is 9.96. The zero-order valence-corrected chi connectivity index (χ0v) is 21.1. The number of amides is 1. The average Bonchev–Trinajstić information content (AvgIpc) is 3.31. The first-order valence-electron chi connectivity index (χ1n) is 11.8. The van der Waals surface area contributed by atoms with Crippen molar-refractivity contribution in [3.63, 3.8) is 0 Å². The molecule has 4 rings (SSSR count). The number of piperidine rings is 1. The number of nitrogens with zero attached hydrogens (tertiary/aromatic N) is 3. The van der Waals surface area contributed by atoms with Gasteiger partial charge in [0.1, 0.15) is 0 Å². The van der Waals surface area contributed by atoms with Gasteiger partial charge in [0.05, 0.1) is 6.54 Å². The molecule has 0 spiro atoms. The van der Waals surface area contributed by atoms with Crippen LogP contribution in [0.15, 0.2) is 53.1 Å². The van der Waals surface area contributed by atoms with Crippen molar-refractivity contribution in [2.75, 3.05) is 25.4 Å². The highest BCUT2D eigenvalue weighted by molar-refractivity contribution is 7.98. The van der Waals surface area contributed by atoms with Crippen molar-refractivity contribution in [3.8, 4) is 11.4 Å². The molecular weight excluding hydrogens is 468 g/mol. The fraction of sp³-hybridized carbons (Fsp3) is 0.423. The van der Waals surface area contributed by atoms with Crippen molar-refractivity contribution in [2.24, 2.45) is 5.92 Å². The number of aryl methyl sites for hydroxylation is 1. The molecule has 34 heavy (non-hydrogen) atoms. The third-order valence-corrected chi connectivity index (χ3v) is 7.52. The monoisotopic (exact) mass is 498 g/mol. The first kappa shape index (κ1) is 24.8. The van der Waals surface area contributed by atoms with Gasteiger partial charge in [-0.1, -0.05) is 41.0 Å². The number of halogens is 1. The van der Waals surface area contributed by atoms with E-state index in [-0.39, 0.29) is 11.8 Å². The van der Waals surface area contributed by atoms with Gasteiger partial charge in [0.15, 0.2) is 0 Å². The summed E-state index contributed by atoms with van der Waals surface area (Å²) in [6.45, 7) is 5.20. The molecule has 0 atom stereocenters. The zero-order chi connectivity index (χ0) is 23.8. The summed E-state index contributed by atoms with van der Waals surface area (Å²) in [5.41, 5.74) is 3.61. The zero-order valence-electron chi connectivity index (χ0n) is 19.5. The Morgan fingerprint density at radius 2 is 1.94 bits per heavy atom. The number of rotatable bonds is 10. The number of aromatic nitrogens is 2. The first-order chi connectivity index (χ1) is 16.6. The smallest absolute Gasteiger partial charge is 0.241 e. The van der Waals surface area contributed by atoms with Crippen molar-refractivity contribution in [3.05, 3.63) is 70.6 Å². The average molecular weight is 499 g/mol. The minimum absolute atomic E-state index is 0.0863. The van der Waals surface area contributed by atoms with E-state index in [1.807, 2.05) is 36.0 Å². The predicted molar refractivity (Wildman–Crippen MR) is 138 cm³/mol. The topological polar surface area (TPSA) is 71.3 Å². The van der Waals surface area contributed by atoms with Crippen molar-refractivity contribution in [1.82, 2.24) is 20.4 Å². The molecule has 1 aromatic heterocycles. The van der Waals surface area contributed by atoms with Crippen LogP contribution in [-0.4, -0.2) is 46.3 Å². The molecule has 0 radical (unpaired) electrons. The molecule has 0 unspecified atom stereocenters. The minimum Gasteiger partial charge on any atom is -0.356 e. The molecule has 0 saturated carbocycles. The van der Waals surface area contributed by atoms with Crippen LogP contribution in [0.4, 0.5) is 0 Å². The van der Waals surface area contributed by atoms with E-state index in [1.165, 1.54) is 11.1 Å². The molecular formula is C26H31ClN4O2S. The molecule has 3 aromatic rings. The van der Waals surface area contributed by atoms with E-state index in [0.717, 1.165) is 56.0 Å². The van der Waals surface area contributed by atoms with Crippen molar-refractivity contribution < 1.29 is 9.32 Å². The standard InChI is InChI=1S/C26H31ClN4O2S/c1-19-5-2-3-6-22(19)18-34-16-4-13-28-26(32)21-11-14-31(15-12-21)17-24-29-25(30-33-24)20-7-9-23(27)10-8-20/h2-3,5-10,21H,4,11-18H2,1H3,(H,28,32). The van der Waals surface area contributed by atoms with Crippen LogP contribution in [0.25, 0.3) is 11.4 Å². The highest BCUT2D eigenvalue weighted by atomic mass is 35.5. The Morgan fingerprint density at radius 3 is 2.71 bits per heavy atom. The normalized spacial score (nSPS) is 14.9. The molecule has 8 heteroatoms. The van der Waals surface area contributed by atoms with E-state index in [2.05, 4.69) is 51.5 Å². The molecule has 1 aliphatic rings. The van der Waals surface area contributed by atoms with E-state index < -0.39 is 0 Å². The molecule has 2 heterocycles. The number of hydrogen-bond acceptors (Lipinski definition) is 6. The lowest BCUT2D eigenvalue weighted by Gasteiger charge is -2.30. The summed E-state index contributed by atoms with van der Waals surface area (Å²) in [5, 5.41) is 7.89. The van der Waals surface area contributed by atoms with E-state index in [0.29, 0.717) is 23.3 Å². The fourth-order valence-electron chi connectivity index (χ4n) is 4.06. The van der Waals surface area contributed by atoms with Gasteiger partial charge in [-0.2, -0.15) is 16.7 Å². The lowest BCUT2D eigenvalue weighted by molar-refractivity contribution is -0.126. The van der Waals surface area contributed by atoms with Crippen LogP contribution < -0.4 is 5.32 Å². The van der Waals surface area contributed by atoms with E-state index in [9.17, 15) is 4.79 Å². The largest absolute Gasteiger partial charge is 0.356 e. The summed E-state index contributed by atoms with van der Waals surface area (Å²) in [6, 6.07) is 15.9. The molecule has 1 N–H and O–H groups in total.